The number of ketones is 1. The van der Waals surface area contributed by atoms with Crippen molar-refractivity contribution in [2.75, 3.05) is 11.1 Å². The molecule has 2 aromatic carbocycles. The molecule has 5 nitrogen and oxygen atoms in total. The van der Waals surface area contributed by atoms with Crippen LogP contribution in [0.15, 0.2) is 54.6 Å². The van der Waals surface area contributed by atoms with Crippen LogP contribution in [0.4, 0.5) is 10.9 Å². The van der Waals surface area contributed by atoms with Gasteiger partial charge in [-0.1, -0.05) is 42.4 Å². The highest BCUT2D eigenvalue weighted by Crippen LogP contribution is 2.31. The smallest absolute Gasteiger partial charge is 0.206 e. The third kappa shape index (κ3) is 4.11. The van der Waals surface area contributed by atoms with Crippen LogP contribution in [-0.4, -0.2) is 16.8 Å². The molecular formula is C21H21N3O2S. The number of thiazole rings is 1. The normalized spacial score (nSPS) is 14.2. The zero-order chi connectivity index (χ0) is 18.6. The first-order valence-corrected chi connectivity index (χ1v) is 9.91. The molecule has 0 saturated heterocycles. The van der Waals surface area contributed by atoms with Crippen LogP contribution in [0.3, 0.4) is 0 Å². The van der Waals surface area contributed by atoms with Crippen molar-refractivity contribution in [3.8, 4) is 11.5 Å². The van der Waals surface area contributed by atoms with E-state index in [9.17, 15) is 4.79 Å². The standard InChI is InChI=1S/C21H21N3O2S/c22-20-19(27-21(24-20)23-15-6-4-5-7-15)18(25)14-10-12-17(13-11-14)26-16-8-2-1-3-9-16/h1-3,8-13,15H,4-7,22H2,(H,23,24). The Kier molecular flexibility index (Phi) is 5.07. The van der Waals surface area contributed by atoms with Gasteiger partial charge in [-0.3, -0.25) is 4.79 Å². The predicted octanol–water partition coefficient (Wildman–Crippen LogP) is 5.10. The van der Waals surface area contributed by atoms with E-state index in [2.05, 4.69) is 10.3 Å². The number of carbonyl (C=O) groups excluding carboxylic acids is 1. The maximum Gasteiger partial charge on any atom is 0.206 e. The van der Waals surface area contributed by atoms with Crippen molar-refractivity contribution >= 4 is 28.1 Å². The Labute approximate surface area is 162 Å². The Morgan fingerprint density at radius 1 is 1.04 bits per heavy atom. The van der Waals surface area contributed by atoms with Crippen LogP contribution in [0.1, 0.15) is 40.9 Å². The molecule has 1 aliphatic rings. The lowest BCUT2D eigenvalue weighted by Gasteiger charge is -2.09. The van der Waals surface area contributed by atoms with E-state index in [0.717, 1.165) is 23.7 Å². The molecule has 1 aliphatic carbocycles. The highest BCUT2D eigenvalue weighted by Gasteiger charge is 2.21. The number of para-hydroxylation sites is 1. The summed E-state index contributed by atoms with van der Waals surface area (Å²) in [6, 6.07) is 17.1. The molecule has 3 aromatic rings. The third-order valence-electron chi connectivity index (χ3n) is 4.64. The molecule has 27 heavy (non-hydrogen) atoms. The van der Waals surface area contributed by atoms with Crippen molar-refractivity contribution in [1.82, 2.24) is 4.98 Å². The molecule has 0 spiro atoms. The van der Waals surface area contributed by atoms with E-state index in [4.69, 9.17) is 10.5 Å². The first kappa shape index (κ1) is 17.5. The summed E-state index contributed by atoms with van der Waals surface area (Å²) in [5, 5.41) is 4.13. The molecule has 1 fully saturated rings. The number of anilines is 2. The molecule has 3 N–H and O–H groups in total. The van der Waals surface area contributed by atoms with E-state index >= 15 is 0 Å². The maximum atomic E-state index is 12.8. The quantitative estimate of drug-likeness (QED) is 0.583. The van der Waals surface area contributed by atoms with Crippen LogP contribution in [0.25, 0.3) is 0 Å². The lowest BCUT2D eigenvalue weighted by atomic mass is 10.1. The van der Waals surface area contributed by atoms with Gasteiger partial charge >= 0.3 is 0 Å². The second kappa shape index (κ2) is 7.80. The molecule has 0 unspecified atom stereocenters. The van der Waals surface area contributed by atoms with Gasteiger partial charge in [-0.15, -0.1) is 0 Å². The van der Waals surface area contributed by atoms with Crippen molar-refractivity contribution in [3.05, 3.63) is 65.0 Å². The van der Waals surface area contributed by atoms with Gasteiger partial charge in [0, 0.05) is 11.6 Å². The zero-order valence-electron chi connectivity index (χ0n) is 14.9. The first-order chi connectivity index (χ1) is 13.2. The molecule has 0 radical (unpaired) electrons. The summed E-state index contributed by atoms with van der Waals surface area (Å²) in [5.41, 5.74) is 6.57. The van der Waals surface area contributed by atoms with Gasteiger partial charge in [0.05, 0.1) is 0 Å². The molecule has 1 saturated carbocycles. The van der Waals surface area contributed by atoms with Gasteiger partial charge in [-0.2, -0.15) is 0 Å². The molecule has 138 valence electrons. The number of nitrogens with two attached hydrogens (primary N) is 1. The summed E-state index contributed by atoms with van der Waals surface area (Å²) >= 11 is 1.33. The number of nitrogen functional groups attached to an aromatic ring is 1. The number of aromatic nitrogens is 1. The number of benzene rings is 2. The lowest BCUT2D eigenvalue weighted by Crippen LogP contribution is -2.14. The summed E-state index contributed by atoms with van der Waals surface area (Å²) in [4.78, 5) is 17.6. The average Bonchev–Trinajstić information content (AvgIpc) is 3.32. The second-order valence-electron chi connectivity index (χ2n) is 6.63. The van der Waals surface area contributed by atoms with Gasteiger partial charge < -0.3 is 15.8 Å². The van der Waals surface area contributed by atoms with Crippen LogP contribution < -0.4 is 15.8 Å². The number of nitrogens with zero attached hydrogens (tertiary/aromatic N) is 1. The molecule has 0 bridgehead atoms. The number of carbonyl (C=O) groups is 1. The van der Waals surface area contributed by atoms with Crippen LogP contribution in [0.5, 0.6) is 11.5 Å². The highest BCUT2D eigenvalue weighted by molar-refractivity contribution is 7.18. The Morgan fingerprint density at radius 3 is 2.41 bits per heavy atom. The van der Waals surface area contributed by atoms with Crippen LogP contribution in [0, 0.1) is 0 Å². The van der Waals surface area contributed by atoms with Gasteiger partial charge in [0.1, 0.15) is 22.2 Å². The Bertz CT molecular complexity index is 916. The number of nitrogens with one attached hydrogen (secondary N) is 1. The van der Waals surface area contributed by atoms with Gasteiger partial charge in [0.25, 0.3) is 0 Å². The van der Waals surface area contributed by atoms with E-state index in [1.165, 1.54) is 24.2 Å². The van der Waals surface area contributed by atoms with Crippen LogP contribution in [0.2, 0.25) is 0 Å². The Morgan fingerprint density at radius 2 is 1.70 bits per heavy atom. The topological polar surface area (TPSA) is 77.2 Å². The summed E-state index contributed by atoms with van der Waals surface area (Å²) in [6.07, 6.45) is 4.76. The van der Waals surface area contributed by atoms with Crippen LogP contribution in [-0.2, 0) is 0 Å². The molecular weight excluding hydrogens is 358 g/mol. The fraction of sp³-hybridized carbons (Fsp3) is 0.238. The van der Waals surface area contributed by atoms with Crippen molar-refractivity contribution in [3.63, 3.8) is 0 Å². The molecule has 1 aromatic heterocycles. The second-order valence-corrected chi connectivity index (χ2v) is 7.63. The largest absolute Gasteiger partial charge is 0.457 e. The van der Waals surface area contributed by atoms with Gasteiger partial charge in [0.2, 0.25) is 5.78 Å². The van der Waals surface area contributed by atoms with Gasteiger partial charge in [-0.25, -0.2) is 4.98 Å². The number of ether oxygens (including phenoxy) is 1. The molecule has 4 rings (SSSR count). The highest BCUT2D eigenvalue weighted by atomic mass is 32.1. The lowest BCUT2D eigenvalue weighted by molar-refractivity contribution is 0.104. The van der Waals surface area contributed by atoms with Crippen molar-refractivity contribution < 1.29 is 9.53 Å². The molecule has 1 heterocycles. The third-order valence-corrected chi connectivity index (χ3v) is 5.64. The SMILES string of the molecule is Nc1nc(NC2CCCC2)sc1C(=O)c1ccc(Oc2ccccc2)cc1. The van der Waals surface area contributed by atoms with E-state index in [1.807, 2.05) is 30.3 Å². The monoisotopic (exact) mass is 379 g/mol. The Hall–Kier alpha value is -2.86. The fourth-order valence-electron chi connectivity index (χ4n) is 3.23. The maximum absolute atomic E-state index is 12.8. The van der Waals surface area contributed by atoms with E-state index in [-0.39, 0.29) is 11.6 Å². The molecule has 0 amide bonds. The minimum Gasteiger partial charge on any atom is -0.457 e. The summed E-state index contributed by atoms with van der Waals surface area (Å²) in [7, 11) is 0. The zero-order valence-corrected chi connectivity index (χ0v) is 15.7. The fourth-order valence-corrected chi connectivity index (χ4v) is 4.15. The molecule has 0 aliphatic heterocycles. The van der Waals surface area contributed by atoms with Crippen molar-refractivity contribution in [1.29, 1.82) is 0 Å². The minimum atomic E-state index is -0.115. The van der Waals surface area contributed by atoms with Gasteiger partial charge in [-0.05, 0) is 49.2 Å². The van der Waals surface area contributed by atoms with E-state index < -0.39 is 0 Å². The Balaban J connectivity index is 1.46. The first-order valence-electron chi connectivity index (χ1n) is 9.09. The average molecular weight is 379 g/mol. The number of rotatable bonds is 6. The number of hydrogen-bond acceptors (Lipinski definition) is 6. The summed E-state index contributed by atoms with van der Waals surface area (Å²) < 4.78 is 5.77. The van der Waals surface area contributed by atoms with Crippen molar-refractivity contribution in [2.24, 2.45) is 0 Å². The van der Waals surface area contributed by atoms with Gasteiger partial charge in [0.15, 0.2) is 5.13 Å². The molecule has 0 atom stereocenters. The van der Waals surface area contributed by atoms with Crippen LogP contribution >= 0.6 is 11.3 Å². The number of hydrogen-bond donors (Lipinski definition) is 2. The summed E-state index contributed by atoms with van der Waals surface area (Å²) in [6.45, 7) is 0. The van der Waals surface area contributed by atoms with Crippen molar-refractivity contribution in [2.45, 2.75) is 31.7 Å². The molecule has 6 heteroatoms. The summed E-state index contributed by atoms with van der Waals surface area (Å²) in [5.74, 6) is 1.61. The van der Waals surface area contributed by atoms with E-state index in [0.29, 0.717) is 22.2 Å². The minimum absolute atomic E-state index is 0.115. The van der Waals surface area contributed by atoms with E-state index in [1.54, 1.807) is 24.3 Å². The predicted molar refractivity (Wildman–Crippen MR) is 109 cm³/mol.